The van der Waals surface area contributed by atoms with Crippen molar-refractivity contribution in [1.29, 1.82) is 0 Å². The zero-order valence-corrected chi connectivity index (χ0v) is 15.5. The predicted molar refractivity (Wildman–Crippen MR) is 101 cm³/mol. The highest BCUT2D eigenvalue weighted by Gasteiger charge is 2.37. The number of aldehydes is 1. The van der Waals surface area contributed by atoms with Gasteiger partial charge in [0.05, 0.1) is 16.9 Å². The summed E-state index contributed by atoms with van der Waals surface area (Å²) in [6.07, 6.45) is 2.42. The first-order chi connectivity index (χ1) is 12.4. The summed E-state index contributed by atoms with van der Waals surface area (Å²) < 4.78 is 7.45. The minimum atomic E-state index is -0.475. The number of hydrogen-bond acceptors (Lipinski definition) is 4. The van der Waals surface area contributed by atoms with Crippen molar-refractivity contribution in [3.05, 3.63) is 30.0 Å². The topological polar surface area (TPSA) is 63.6 Å². The molecule has 2 heterocycles. The van der Waals surface area contributed by atoms with Gasteiger partial charge in [0.25, 0.3) is 0 Å². The van der Waals surface area contributed by atoms with Crippen molar-refractivity contribution >= 4 is 29.0 Å². The summed E-state index contributed by atoms with van der Waals surface area (Å²) in [5.74, 6) is 0. The van der Waals surface area contributed by atoms with Gasteiger partial charge in [-0.25, -0.2) is 4.79 Å². The van der Waals surface area contributed by atoms with Crippen LogP contribution in [0.1, 0.15) is 44.1 Å². The van der Waals surface area contributed by atoms with Gasteiger partial charge in [-0.15, -0.1) is 0 Å². The lowest BCUT2D eigenvalue weighted by Gasteiger charge is -2.46. The van der Waals surface area contributed by atoms with E-state index < -0.39 is 5.60 Å². The van der Waals surface area contributed by atoms with E-state index in [1.165, 1.54) is 5.69 Å². The van der Waals surface area contributed by atoms with E-state index in [1.807, 2.05) is 32.9 Å². The Morgan fingerprint density at radius 2 is 2.04 bits per heavy atom. The molecule has 0 unspecified atom stereocenters. The molecular weight excluding hydrogens is 330 g/mol. The van der Waals surface area contributed by atoms with Crippen LogP contribution in [0, 0.1) is 0 Å². The minimum Gasteiger partial charge on any atom is -0.444 e. The number of rotatable bonds is 3. The monoisotopic (exact) mass is 355 g/mol. The van der Waals surface area contributed by atoms with E-state index in [2.05, 4.69) is 26.9 Å². The van der Waals surface area contributed by atoms with Crippen LogP contribution >= 0.6 is 0 Å². The largest absolute Gasteiger partial charge is 0.444 e. The number of carbonyl (C=O) groups excluding carboxylic acids is 2. The molecule has 0 bridgehead atoms. The van der Waals surface area contributed by atoms with Crippen molar-refractivity contribution in [3.8, 4) is 0 Å². The Bertz CT molecular complexity index is 859. The van der Waals surface area contributed by atoms with E-state index in [0.717, 1.165) is 48.8 Å². The number of hydrogen-bond donors (Lipinski definition) is 1. The first kappa shape index (κ1) is 16.9. The number of benzene rings is 1. The smallest absolute Gasteiger partial charge is 0.407 e. The van der Waals surface area contributed by atoms with E-state index in [9.17, 15) is 9.59 Å². The van der Waals surface area contributed by atoms with Gasteiger partial charge in [-0.1, -0.05) is 12.1 Å². The van der Waals surface area contributed by atoms with Gasteiger partial charge in [0, 0.05) is 30.6 Å². The number of alkyl carbamates (subject to hydrolysis) is 1. The zero-order valence-electron chi connectivity index (χ0n) is 15.5. The summed E-state index contributed by atoms with van der Waals surface area (Å²) in [6.45, 7) is 7.30. The van der Waals surface area contributed by atoms with Gasteiger partial charge in [0.2, 0.25) is 0 Å². The molecule has 1 amide bonds. The van der Waals surface area contributed by atoms with Crippen molar-refractivity contribution in [2.24, 2.45) is 0 Å². The third-order valence-corrected chi connectivity index (χ3v) is 5.20. The summed E-state index contributed by atoms with van der Waals surface area (Å²) in [5, 5.41) is 4.07. The number of nitrogens with zero attached hydrogens (tertiary/aromatic N) is 2. The number of anilines is 1. The highest BCUT2D eigenvalue weighted by molar-refractivity contribution is 5.97. The zero-order chi connectivity index (χ0) is 18.5. The van der Waals surface area contributed by atoms with Crippen LogP contribution in [0.2, 0.25) is 0 Å². The van der Waals surface area contributed by atoms with Crippen molar-refractivity contribution in [3.63, 3.8) is 0 Å². The van der Waals surface area contributed by atoms with Crippen LogP contribution in [0.5, 0.6) is 0 Å². The van der Waals surface area contributed by atoms with Crippen molar-refractivity contribution in [2.75, 3.05) is 11.4 Å². The van der Waals surface area contributed by atoms with E-state index in [0.29, 0.717) is 6.04 Å². The highest BCUT2D eigenvalue weighted by Crippen LogP contribution is 2.38. The normalized spacial score (nSPS) is 22.0. The maximum Gasteiger partial charge on any atom is 0.407 e. The fourth-order valence-electron chi connectivity index (χ4n) is 4.04. The van der Waals surface area contributed by atoms with Crippen molar-refractivity contribution < 1.29 is 14.3 Å². The molecule has 0 saturated heterocycles. The Morgan fingerprint density at radius 3 is 2.73 bits per heavy atom. The third kappa shape index (κ3) is 2.93. The minimum absolute atomic E-state index is 0.160. The van der Waals surface area contributed by atoms with Crippen LogP contribution in [0.4, 0.5) is 10.5 Å². The molecule has 0 radical (unpaired) electrons. The van der Waals surface area contributed by atoms with Gasteiger partial charge >= 0.3 is 6.09 Å². The molecule has 138 valence electrons. The number of ether oxygens (including phenoxy) is 1. The second kappa shape index (κ2) is 6.04. The molecule has 6 heteroatoms. The van der Waals surface area contributed by atoms with Crippen LogP contribution in [0.3, 0.4) is 0 Å². The first-order valence-corrected chi connectivity index (χ1v) is 9.19. The summed E-state index contributed by atoms with van der Waals surface area (Å²) in [7, 11) is 0. The van der Waals surface area contributed by atoms with Gasteiger partial charge in [0.1, 0.15) is 5.60 Å². The Hall–Kier alpha value is -2.50. The lowest BCUT2D eigenvalue weighted by Crippen LogP contribution is -2.55. The number of carbonyl (C=O) groups is 2. The second-order valence-corrected chi connectivity index (χ2v) is 8.22. The van der Waals surface area contributed by atoms with Crippen LogP contribution in [0.25, 0.3) is 10.9 Å². The van der Waals surface area contributed by atoms with Gasteiger partial charge in [-0.3, -0.25) is 4.79 Å². The maximum atomic E-state index is 11.9. The molecule has 1 aliphatic carbocycles. The first-order valence-electron chi connectivity index (χ1n) is 9.19. The SMILES string of the molecule is CC(C)(C)OC(=O)NC1CC(N2CCn3c(C=O)cc4cccc2c43)C1. The van der Waals surface area contributed by atoms with E-state index in [-0.39, 0.29) is 12.1 Å². The standard InChI is InChI=1S/C20H25N3O3/c1-20(2,3)26-19(25)21-14-10-15(11-14)22-7-8-23-16(12-24)9-13-5-4-6-17(22)18(13)23/h4-6,9,12,14-15H,7-8,10-11H2,1-3H3,(H,21,25). The summed E-state index contributed by atoms with van der Waals surface area (Å²) in [6, 6.07) is 8.75. The van der Waals surface area contributed by atoms with Crippen molar-refractivity contribution in [1.82, 2.24) is 9.88 Å². The molecule has 26 heavy (non-hydrogen) atoms. The van der Waals surface area contributed by atoms with Gasteiger partial charge in [-0.2, -0.15) is 0 Å². The molecule has 2 aromatic rings. The summed E-state index contributed by atoms with van der Waals surface area (Å²) in [4.78, 5) is 25.7. The quantitative estimate of drug-likeness (QED) is 0.858. The summed E-state index contributed by atoms with van der Waals surface area (Å²) in [5.41, 5.74) is 2.59. The van der Waals surface area contributed by atoms with E-state index in [4.69, 9.17) is 4.74 Å². The lowest BCUT2D eigenvalue weighted by molar-refractivity contribution is 0.0470. The van der Waals surface area contributed by atoms with Crippen LogP contribution in [0.15, 0.2) is 24.3 Å². The number of para-hydroxylation sites is 1. The van der Waals surface area contributed by atoms with Gasteiger partial charge in [0.15, 0.2) is 6.29 Å². The van der Waals surface area contributed by atoms with Crippen LogP contribution < -0.4 is 10.2 Å². The molecule has 1 aliphatic heterocycles. The fourth-order valence-corrected chi connectivity index (χ4v) is 4.04. The summed E-state index contributed by atoms with van der Waals surface area (Å²) >= 11 is 0. The lowest BCUT2D eigenvalue weighted by atomic mass is 9.85. The number of nitrogens with one attached hydrogen (secondary N) is 1. The molecule has 0 spiro atoms. The van der Waals surface area contributed by atoms with Crippen LogP contribution in [-0.2, 0) is 11.3 Å². The number of aromatic nitrogens is 1. The average Bonchev–Trinajstić information content (AvgIpc) is 2.90. The number of amides is 1. The Morgan fingerprint density at radius 1 is 1.27 bits per heavy atom. The molecule has 6 nitrogen and oxygen atoms in total. The molecule has 1 N–H and O–H groups in total. The Kier molecular flexibility index (Phi) is 3.93. The Balaban J connectivity index is 1.46. The second-order valence-electron chi connectivity index (χ2n) is 8.22. The highest BCUT2D eigenvalue weighted by atomic mass is 16.6. The van der Waals surface area contributed by atoms with E-state index >= 15 is 0 Å². The maximum absolute atomic E-state index is 11.9. The molecule has 1 saturated carbocycles. The molecule has 0 atom stereocenters. The van der Waals surface area contributed by atoms with E-state index in [1.54, 1.807) is 0 Å². The molecule has 1 aromatic heterocycles. The van der Waals surface area contributed by atoms with Crippen molar-refractivity contribution in [2.45, 2.75) is 57.8 Å². The molecule has 1 aromatic carbocycles. The molecular formula is C20H25N3O3. The fraction of sp³-hybridized carbons (Fsp3) is 0.500. The average molecular weight is 355 g/mol. The van der Waals surface area contributed by atoms with Crippen LogP contribution in [-0.4, -0.2) is 41.2 Å². The molecule has 4 rings (SSSR count). The van der Waals surface area contributed by atoms with Gasteiger partial charge in [-0.05, 0) is 45.7 Å². The molecule has 1 fully saturated rings. The predicted octanol–water partition coefficient (Wildman–Crippen LogP) is 3.33. The molecule has 2 aliphatic rings. The third-order valence-electron chi connectivity index (χ3n) is 5.20. The van der Waals surface area contributed by atoms with Gasteiger partial charge < -0.3 is 19.5 Å². The Labute approximate surface area is 153 Å².